The van der Waals surface area contributed by atoms with Gasteiger partial charge in [0.15, 0.2) is 6.20 Å². The van der Waals surface area contributed by atoms with E-state index < -0.39 is 0 Å². The summed E-state index contributed by atoms with van der Waals surface area (Å²) in [5.74, 6) is 1.04. The molecule has 0 radical (unpaired) electrons. The highest BCUT2D eigenvalue weighted by Gasteiger charge is 2.47. The van der Waals surface area contributed by atoms with E-state index >= 15 is 0 Å². The SMILES string of the molecule is CC1(C)c2cc3c(ccc4ccccc43)c3c2-c2c1c1c(ccc4ccccc41)c[n+]2CO3. The van der Waals surface area contributed by atoms with Gasteiger partial charge in [-0.1, -0.05) is 74.5 Å². The molecule has 0 saturated heterocycles. The minimum absolute atomic E-state index is 0.135. The molecule has 5 aromatic carbocycles. The number of pyridine rings is 1. The van der Waals surface area contributed by atoms with Crippen molar-refractivity contribution in [1.82, 2.24) is 0 Å². The minimum atomic E-state index is -0.135. The van der Waals surface area contributed by atoms with Crippen molar-refractivity contribution in [2.24, 2.45) is 0 Å². The smallest absolute Gasteiger partial charge is 0.292 e. The van der Waals surface area contributed by atoms with Crippen molar-refractivity contribution in [2.75, 3.05) is 0 Å². The van der Waals surface area contributed by atoms with Crippen molar-refractivity contribution < 1.29 is 9.30 Å². The molecule has 2 nitrogen and oxygen atoms in total. The zero-order valence-corrected chi connectivity index (χ0v) is 18.6. The Bertz CT molecular complexity index is 1840. The summed E-state index contributed by atoms with van der Waals surface area (Å²) < 4.78 is 8.84. The van der Waals surface area contributed by atoms with Crippen LogP contribution in [0.4, 0.5) is 0 Å². The van der Waals surface area contributed by atoms with E-state index in [9.17, 15) is 0 Å². The molecule has 0 spiro atoms. The van der Waals surface area contributed by atoms with E-state index in [0.29, 0.717) is 6.73 Å². The van der Waals surface area contributed by atoms with Crippen LogP contribution in [-0.2, 0) is 12.1 Å². The Morgan fingerprint density at radius 1 is 0.727 bits per heavy atom. The van der Waals surface area contributed by atoms with Gasteiger partial charge in [-0.2, -0.15) is 4.57 Å². The fourth-order valence-electron chi connectivity index (χ4n) is 6.42. The Morgan fingerprint density at radius 2 is 1.42 bits per heavy atom. The molecule has 0 fully saturated rings. The molecule has 1 aromatic heterocycles. The van der Waals surface area contributed by atoms with E-state index in [-0.39, 0.29) is 5.41 Å². The second-order valence-corrected chi connectivity index (χ2v) is 9.98. The molecule has 0 bridgehead atoms. The van der Waals surface area contributed by atoms with Crippen molar-refractivity contribution in [3.8, 4) is 17.0 Å². The molecule has 8 rings (SSSR count). The van der Waals surface area contributed by atoms with Crippen LogP contribution in [0.5, 0.6) is 5.75 Å². The highest BCUT2D eigenvalue weighted by Crippen LogP contribution is 2.57. The number of fused-ring (bicyclic) bond motifs is 8. The predicted octanol–water partition coefficient (Wildman–Crippen LogP) is 7.24. The lowest BCUT2D eigenvalue weighted by Gasteiger charge is -2.22. The summed E-state index contributed by atoms with van der Waals surface area (Å²) in [5, 5.41) is 10.3. The number of nitrogens with zero attached hydrogens (tertiary/aromatic N) is 1. The Kier molecular flexibility index (Phi) is 3.05. The highest BCUT2D eigenvalue weighted by molar-refractivity contribution is 6.15. The van der Waals surface area contributed by atoms with Gasteiger partial charge in [-0.15, -0.1) is 0 Å². The lowest BCUT2D eigenvalue weighted by molar-refractivity contribution is -0.716. The molecule has 0 atom stereocenters. The summed E-state index contributed by atoms with van der Waals surface area (Å²) in [7, 11) is 0. The largest absolute Gasteiger partial charge is 0.434 e. The lowest BCUT2D eigenvalue weighted by atomic mass is 9.79. The summed E-state index contributed by atoms with van der Waals surface area (Å²) in [6, 6.07) is 28.9. The first kappa shape index (κ1) is 17.6. The van der Waals surface area contributed by atoms with Crippen molar-refractivity contribution in [3.63, 3.8) is 0 Å². The molecule has 0 saturated carbocycles. The molecule has 6 aromatic rings. The molecule has 156 valence electrons. The fourth-order valence-corrected chi connectivity index (χ4v) is 6.42. The summed E-state index contributed by atoms with van der Waals surface area (Å²) in [4.78, 5) is 0. The summed E-state index contributed by atoms with van der Waals surface area (Å²) in [6.07, 6.45) is 2.28. The van der Waals surface area contributed by atoms with Crippen LogP contribution in [0, 0.1) is 0 Å². The topological polar surface area (TPSA) is 13.1 Å². The average molecular weight is 425 g/mol. The van der Waals surface area contributed by atoms with Crippen LogP contribution in [0.15, 0.2) is 85.1 Å². The number of aromatic nitrogens is 1. The molecule has 2 aliphatic rings. The summed E-state index contributed by atoms with van der Waals surface area (Å²) >= 11 is 0. The summed E-state index contributed by atoms with van der Waals surface area (Å²) in [5.41, 5.74) is 5.26. The van der Waals surface area contributed by atoms with E-state index in [1.807, 2.05) is 0 Å². The van der Waals surface area contributed by atoms with Crippen LogP contribution in [0.3, 0.4) is 0 Å². The van der Waals surface area contributed by atoms with Crippen LogP contribution in [0.2, 0.25) is 0 Å². The maximum Gasteiger partial charge on any atom is 0.292 e. The van der Waals surface area contributed by atoms with Crippen molar-refractivity contribution >= 4 is 43.1 Å². The van der Waals surface area contributed by atoms with Gasteiger partial charge in [0, 0.05) is 27.1 Å². The molecule has 2 heterocycles. The Morgan fingerprint density at radius 3 is 2.27 bits per heavy atom. The zero-order valence-electron chi connectivity index (χ0n) is 18.6. The second-order valence-electron chi connectivity index (χ2n) is 9.98. The normalized spacial score (nSPS) is 15.3. The van der Waals surface area contributed by atoms with Crippen molar-refractivity contribution in [2.45, 2.75) is 26.0 Å². The standard InChI is InChI=1S/C31H22NO/c1-31(2)25-15-24-21-9-5-3-7-18(21)13-14-23(24)30-27(25)29-28(31)26-20(16-32(29)17-33-30)12-11-19-8-4-6-10-22(19)26/h3-16H,17H2,1-2H3/q+1. The molecule has 1 aliphatic heterocycles. The second kappa shape index (κ2) is 5.71. The number of ether oxygens (including phenoxy) is 1. The fraction of sp³-hybridized carbons (Fsp3) is 0.129. The lowest BCUT2D eigenvalue weighted by Crippen LogP contribution is -2.42. The maximum atomic E-state index is 6.52. The molecule has 33 heavy (non-hydrogen) atoms. The Balaban J connectivity index is 1.61. The molecule has 0 unspecified atom stereocenters. The van der Waals surface area contributed by atoms with Gasteiger partial charge < -0.3 is 4.74 Å². The van der Waals surface area contributed by atoms with Crippen molar-refractivity contribution in [1.29, 1.82) is 0 Å². The van der Waals surface area contributed by atoms with E-state index in [0.717, 1.165) is 5.75 Å². The van der Waals surface area contributed by atoms with Gasteiger partial charge in [0.25, 0.3) is 6.73 Å². The van der Waals surface area contributed by atoms with Gasteiger partial charge in [-0.3, -0.25) is 0 Å². The van der Waals surface area contributed by atoms with E-state index in [1.54, 1.807) is 0 Å². The third kappa shape index (κ3) is 2.03. The molecular weight excluding hydrogens is 402 g/mol. The number of rotatable bonds is 0. The van der Waals surface area contributed by atoms with Crippen LogP contribution in [0.1, 0.15) is 25.0 Å². The predicted molar refractivity (Wildman–Crippen MR) is 135 cm³/mol. The number of hydrogen-bond donors (Lipinski definition) is 0. The van der Waals surface area contributed by atoms with Gasteiger partial charge in [0.05, 0.1) is 5.56 Å². The first-order chi connectivity index (χ1) is 16.1. The molecule has 2 heteroatoms. The van der Waals surface area contributed by atoms with Crippen LogP contribution in [-0.4, -0.2) is 0 Å². The average Bonchev–Trinajstić information content (AvgIpc) is 3.09. The molecular formula is C31H22NO+. The minimum Gasteiger partial charge on any atom is -0.434 e. The number of hydrogen-bond acceptors (Lipinski definition) is 1. The molecule has 0 N–H and O–H groups in total. The quantitative estimate of drug-likeness (QED) is 0.185. The third-order valence-corrected chi connectivity index (χ3v) is 7.91. The van der Waals surface area contributed by atoms with E-state index in [1.165, 1.54) is 65.5 Å². The van der Waals surface area contributed by atoms with Crippen LogP contribution in [0.25, 0.3) is 54.3 Å². The van der Waals surface area contributed by atoms with E-state index in [4.69, 9.17) is 4.74 Å². The Hall–Kier alpha value is -3.91. The van der Waals surface area contributed by atoms with Gasteiger partial charge in [0.1, 0.15) is 5.75 Å². The number of benzene rings is 5. The zero-order chi connectivity index (χ0) is 21.9. The van der Waals surface area contributed by atoms with Gasteiger partial charge >= 0.3 is 0 Å². The monoisotopic (exact) mass is 424 g/mol. The van der Waals surface area contributed by atoms with E-state index in [2.05, 4.69) is 103 Å². The van der Waals surface area contributed by atoms with Crippen LogP contribution < -0.4 is 9.30 Å². The van der Waals surface area contributed by atoms with Gasteiger partial charge in [0.2, 0.25) is 5.69 Å². The highest BCUT2D eigenvalue weighted by atomic mass is 16.5. The van der Waals surface area contributed by atoms with Crippen LogP contribution >= 0.6 is 0 Å². The Labute approximate surface area is 191 Å². The molecule has 1 aliphatic carbocycles. The maximum absolute atomic E-state index is 6.52. The first-order valence-corrected chi connectivity index (χ1v) is 11.6. The van der Waals surface area contributed by atoms with Gasteiger partial charge in [-0.25, -0.2) is 0 Å². The summed E-state index contributed by atoms with van der Waals surface area (Å²) in [6.45, 7) is 5.31. The first-order valence-electron chi connectivity index (χ1n) is 11.6. The molecule has 0 amide bonds. The third-order valence-electron chi connectivity index (χ3n) is 7.91. The van der Waals surface area contributed by atoms with Crippen molar-refractivity contribution in [3.05, 3.63) is 96.2 Å². The van der Waals surface area contributed by atoms with Gasteiger partial charge in [-0.05, 0) is 50.7 Å².